The predicted molar refractivity (Wildman–Crippen MR) is 225 cm³/mol. The molecular formula is C51H41N3O+2. The number of nitrogens with zero attached hydrogens (tertiary/aromatic N) is 3. The number of hydrogen-bond donors (Lipinski definition) is 0. The van der Waals surface area contributed by atoms with E-state index in [2.05, 4.69) is 168 Å². The van der Waals surface area contributed by atoms with E-state index in [1.165, 1.54) is 77.3 Å². The summed E-state index contributed by atoms with van der Waals surface area (Å²) in [5.41, 5.74) is 16.2. The summed E-state index contributed by atoms with van der Waals surface area (Å²) in [6.07, 6.45) is 7.58. The number of fused-ring (bicyclic) bond motifs is 18. The van der Waals surface area contributed by atoms with E-state index in [-0.39, 0.29) is 17.4 Å². The Morgan fingerprint density at radius 2 is 1.44 bits per heavy atom. The van der Waals surface area contributed by atoms with Crippen LogP contribution in [0.5, 0.6) is 0 Å². The van der Waals surface area contributed by atoms with E-state index in [0.29, 0.717) is 0 Å². The standard InChI is InChI=1S/C51H41N3O/c1-30-49-37(20-19-32-12-5-6-13-33(32)43-17-9-10-22-52(30)43)38-26-45-39(25-40(38)44-24-31(21-23-53(44)49)29-51(2,3)4)35-15-11-16-36-41-28-48-42(27-46(41)54(45)50(35)36)34-14-7-8-18-47(34)55-48/h5-18,21-28,37,49H,1,19-20,29H2,2-4H3/q+2. The minimum Gasteiger partial charge on any atom is -0.456 e. The Bertz CT molecular complexity index is 3260. The van der Waals surface area contributed by atoms with Gasteiger partial charge in [-0.1, -0.05) is 75.4 Å². The average Bonchev–Trinajstić information content (AvgIpc) is 3.84. The van der Waals surface area contributed by atoms with Gasteiger partial charge in [0.25, 0.3) is 0 Å². The highest BCUT2D eigenvalue weighted by atomic mass is 16.3. The van der Waals surface area contributed by atoms with Crippen molar-refractivity contribution in [3.8, 4) is 22.5 Å². The van der Waals surface area contributed by atoms with Crippen LogP contribution in [-0.2, 0) is 12.8 Å². The van der Waals surface area contributed by atoms with Gasteiger partial charge in [0.05, 0.1) is 28.0 Å². The van der Waals surface area contributed by atoms with Crippen LogP contribution < -0.4 is 9.13 Å². The van der Waals surface area contributed by atoms with Crippen LogP contribution in [-0.4, -0.2) is 4.40 Å². The number of aromatic nitrogens is 3. The van der Waals surface area contributed by atoms with Crippen LogP contribution >= 0.6 is 0 Å². The molecule has 2 aliphatic heterocycles. The van der Waals surface area contributed by atoms with Crippen molar-refractivity contribution >= 4 is 65.7 Å². The van der Waals surface area contributed by atoms with E-state index in [1.54, 1.807) is 0 Å². The third kappa shape index (κ3) is 4.34. The zero-order valence-corrected chi connectivity index (χ0v) is 31.4. The summed E-state index contributed by atoms with van der Waals surface area (Å²) < 4.78 is 13.9. The number of furan rings is 1. The third-order valence-electron chi connectivity index (χ3n) is 12.7. The molecule has 4 nitrogen and oxygen atoms in total. The Morgan fingerprint density at radius 1 is 0.673 bits per heavy atom. The average molecular weight is 712 g/mol. The fourth-order valence-corrected chi connectivity index (χ4v) is 10.4. The molecule has 2 aliphatic rings. The molecule has 0 saturated carbocycles. The van der Waals surface area contributed by atoms with E-state index in [4.69, 9.17) is 11.0 Å². The van der Waals surface area contributed by atoms with Crippen LogP contribution in [0.15, 0.2) is 145 Å². The molecule has 0 aliphatic carbocycles. The monoisotopic (exact) mass is 711 g/mol. The topological polar surface area (TPSA) is 25.3 Å². The third-order valence-corrected chi connectivity index (χ3v) is 12.7. The maximum Gasteiger partial charge on any atom is 0.249 e. The zero-order valence-electron chi connectivity index (χ0n) is 31.4. The fourth-order valence-electron chi connectivity index (χ4n) is 10.4. The highest BCUT2D eigenvalue weighted by Crippen LogP contribution is 2.49. The molecule has 55 heavy (non-hydrogen) atoms. The van der Waals surface area contributed by atoms with Gasteiger partial charge in [0, 0.05) is 62.1 Å². The Morgan fingerprint density at radius 3 is 2.31 bits per heavy atom. The van der Waals surface area contributed by atoms with Crippen molar-refractivity contribution in [1.82, 2.24) is 4.40 Å². The van der Waals surface area contributed by atoms with E-state index >= 15 is 0 Å². The van der Waals surface area contributed by atoms with Crippen molar-refractivity contribution in [2.75, 3.05) is 0 Å². The summed E-state index contributed by atoms with van der Waals surface area (Å²) in [4.78, 5) is 0. The van der Waals surface area contributed by atoms with Gasteiger partial charge in [-0.05, 0) is 90.4 Å². The Kier molecular flexibility index (Phi) is 6.18. The van der Waals surface area contributed by atoms with E-state index in [1.807, 2.05) is 0 Å². The maximum absolute atomic E-state index is 6.41. The first-order chi connectivity index (χ1) is 26.8. The quantitative estimate of drug-likeness (QED) is 0.156. The van der Waals surface area contributed by atoms with Crippen LogP contribution in [0.2, 0.25) is 0 Å². The van der Waals surface area contributed by atoms with Gasteiger partial charge < -0.3 is 8.82 Å². The lowest BCUT2D eigenvalue weighted by Gasteiger charge is -2.30. The molecule has 0 amide bonds. The second-order valence-corrected chi connectivity index (χ2v) is 17.2. The lowest BCUT2D eigenvalue weighted by atomic mass is 9.77. The highest BCUT2D eigenvalue weighted by molar-refractivity contribution is 6.26. The molecule has 0 N–H and O–H groups in total. The number of allylic oxidation sites excluding steroid dienone is 1. The van der Waals surface area contributed by atoms with Crippen molar-refractivity contribution in [2.24, 2.45) is 5.41 Å². The number of pyridine rings is 2. The van der Waals surface area contributed by atoms with Gasteiger partial charge in [0.1, 0.15) is 11.2 Å². The smallest absolute Gasteiger partial charge is 0.249 e. The Balaban J connectivity index is 1.18. The van der Waals surface area contributed by atoms with Crippen LogP contribution in [0.4, 0.5) is 0 Å². The second-order valence-electron chi connectivity index (χ2n) is 17.2. The molecular weight excluding hydrogens is 671 g/mol. The minimum absolute atomic E-state index is 0.0341. The van der Waals surface area contributed by atoms with Crippen molar-refractivity contribution in [3.63, 3.8) is 0 Å². The van der Waals surface area contributed by atoms with E-state index in [0.717, 1.165) is 46.9 Å². The largest absolute Gasteiger partial charge is 0.456 e. The van der Waals surface area contributed by atoms with E-state index in [9.17, 15) is 0 Å². The summed E-state index contributed by atoms with van der Waals surface area (Å²) in [5, 5.41) is 7.42. The first-order valence-corrected chi connectivity index (χ1v) is 19.7. The molecule has 7 heterocycles. The number of aryl methyl sites for hydroxylation is 1. The SMILES string of the molecule is C=C1C2C(CCc3ccccc3-c3cccc[n+]31)c1cc3c(cc1-c1cc(CC(C)(C)C)cc[n+]12)c1cccc2c4cc5oc6ccccc6c5cc4n3c12. The van der Waals surface area contributed by atoms with Crippen molar-refractivity contribution in [3.05, 3.63) is 157 Å². The second kappa shape index (κ2) is 10.9. The molecule has 0 bridgehead atoms. The molecule has 12 rings (SSSR count). The van der Waals surface area contributed by atoms with Crippen molar-refractivity contribution in [1.29, 1.82) is 0 Å². The van der Waals surface area contributed by atoms with Gasteiger partial charge in [-0.2, -0.15) is 9.13 Å². The normalized spacial score (nSPS) is 17.0. The van der Waals surface area contributed by atoms with Crippen LogP contribution in [0, 0.1) is 5.41 Å². The molecule has 5 aromatic carbocycles. The minimum atomic E-state index is 0.0341. The van der Waals surface area contributed by atoms with Crippen molar-refractivity contribution < 1.29 is 13.6 Å². The maximum atomic E-state index is 6.41. The van der Waals surface area contributed by atoms with Crippen LogP contribution in [0.3, 0.4) is 0 Å². The van der Waals surface area contributed by atoms with Gasteiger partial charge in [-0.15, -0.1) is 0 Å². The lowest BCUT2D eigenvalue weighted by Crippen LogP contribution is -2.53. The summed E-state index contributed by atoms with van der Waals surface area (Å²) in [7, 11) is 0. The Hall–Kier alpha value is -6.26. The molecule has 0 radical (unpaired) electrons. The molecule has 264 valence electrons. The van der Waals surface area contributed by atoms with Gasteiger partial charge in [-0.25, -0.2) is 0 Å². The summed E-state index contributed by atoms with van der Waals surface area (Å²) >= 11 is 0. The Labute approximate surface area is 319 Å². The molecule has 0 spiro atoms. The molecule has 2 unspecified atom stereocenters. The van der Waals surface area contributed by atoms with Gasteiger partial charge in [-0.3, -0.25) is 0 Å². The number of rotatable bonds is 1. The fraction of sp³-hybridized carbons (Fsp3) is 0.176. The van der Waals surface area contributed by atoms with Crippen LogP contribution in [0.25, 0.3) is 88.2 Å². The van der Waals surface area contributed by atoms with Gasteiger partial charge in [0.2, 0.25) is 23.1 Å². The summed E-state index contributed by atoms with van der Waals surface area (Å²) in [5.74, 6) is 0.205. The summed E-state index contributed by atoms with van der Waals surface area (Å²) in [6.45, 7) is 12.0. The van der Waals surface area contributed by atoms with Crippen LogP contribution in [0.1, 0.15) is 55.8 Å². The number of para-hydroxylation sites is 2. The van der Waals surface area contributed by atoms with Gasteiger partial charge >= 0.3 is 0 Å². The lowest BCUT2D eigenvalue weighted by molar-refractivity contribution is -0.727. The first kappa shape index (κ1) is 31.1. The van der Waals surface area contributed by atoms with Gasteiger partial charge in [0.15, 0.2) is 12.4 Å². The molecule has 10 aromatic rings. The predicted octanol–water partition coefficient (Wildman–Crippen LogP) is 12.0. The highest BCUT2D eigenvalue weighted by Gasteiger charge is 2.47. The van der Waals surface area contributed by atoms with Crippen molar-refractivity contribution in [2.45, 2.75) is 52.0 Å². The molecule has 0 saturated heterocycles. The molecule has 0 fully saturated rings. The summed E-state index contributed by atoms with van der Waals surface area (Å²) in [6, 6.07) is 45.4. The molecule has 2 atom stereocenters. The first-order valence-electron chi connectivity index (χ1n) is 19.7. The molecule has 4 heteroatoms. The number of benzene rings is 5. The number of hydrogen-bond acceptors (Lipinski definition) is 1. The molecule has 5 aromatic heterocycles. The van der Waals surface area contributed by atoms with E-state index < -0.39 is 0 Å². The zero-order chi connectivity index (χ0) is 36.7.